The Morgan fingerprint density at radius 1 is 0.966 bits per heavy atom. The fourth-order valence-electron chi connectivity index (χ4n) is 3.33. The van der Waals surface area contributed by atoms with Gasteiger partial charge in [-0.25, -0.2) is 4.79 Å². The second kappa shape index (κ2) is 9.84. The molecule has 0 bridgehead atoms. The standard InChI is InChI=1S/C22H25N3O4/c1-29-22(28)19-9-7-17(8-10-19)15-23-20(26)16-24-11-13-25(14-12-24)21(27)18-5-3-2-4-6-18/h2-10H,11-16H2,1H3,(H,23,26)/p+1. The van der Waals surface area contributed by atoms with Crippen molar-refractivity contribution in [3.05, 3.63) is 71.3 Å². The second-order valence-electron chi connectivity index (χ2n) is 7.05. The Labute approximate surface area is 170 Å². The number of carbonyl (C=O) groups excluding carboxylic acids is 3. The minimum atomic E-state index is -0.380. The zero-order valence-electron chi connectivity index (χ0n) is 16.5. The summed E-state index contributed by atoms with van der Waals surface area (Å²) in [7, 11) is 1.34. The maximum Gasteiger partial charge on any atom is 0.337 e. The average molecular weight is 396 g/mol. The fraction of sp³-hybridized carbons (Fsp3) is 0.318. The van der Waals surface area contributed by atoms with Crippen molar-refractivity contribution in [3.8, 4) is 0 Å². The monoisotopic (exact) mass is 396 g/mol. The lowest BCUT2D eigenvalue weighted by Crippen LogP contribution is -3.15. The number of quaternary nitrogens is 1. The van der Waals surface area contributed by atoms with Gasteiger partial charge in [-0.15, -0.1) is 0 Å². The molecule has 0 unspecified atom stereocenters. The van der Waals surface area contributed by atoms with Crippen molar-refractivity contribution < 1.29 is 24.0 Å². The van der Waals surface area contributed by atoms with Crippen molar-refractivity contribution in [2.75, 3.05) is 39.8 Å². The molecule has 1 aliphatic rings. The van der Waals surface area contributed by atoms with E-state index >= 15 is 0 Å². The van der Waals surface area contributed by atoms with Gasteiger partial charge in [-0.05, 0) is 29.8 Å². The summed E-state index contributed by atoms with van der Waals surface area (Å²) in [4.78, 5) is 39.2. The van der Waals surface area contributed by atoms with Crippen molar-refractivity contribution in [3.63, 3.8) is 0 Å². The molecule has 0 saturated carbocycles. The van der Waals surface area contributed by atoms with Gasteiger partial charge in [0.25, 0.3) is 11.8 Å². The van der Waals surface area contributed by atoms with Crippen LogP contribution in [0.2, 0.25) is 0 Å². The molecule has 7 nitrogen and oxygen atoms in total. The Bertz CT molecular complexity index is 844. The minimum Gasteiger partial charge on any atom is -0.465 e. The summed E-state index contributed by atoms with van der Waals surface area (Å²) in [6, 6.07) is 16.2. The van der Waals surface area contributed by atoms with Crippen molar-refractivity contribution in [1.82, 2.24) is 10.2 Å². The van der Waals surface area contributed by atoms with Gasteiger partial charge in [-0.3, -0.25) is 9.59 Å². The van der Waals surface area contributed by atoms with Crippen molar-refractivity contribution >= 4 is 17.8 Å². The third kappa shape index (κ3) is 5.65. The molecule has 2 amide bonds. The summed E-state index contributed by atoms with van der Waals surface area (Å²) < 4.78 is 4.67. The van der Waals surface area contributed by atoms with Gasteiger partial charge in [0.1, 0.15) is 0 Å². The van der Waals surface area contributed by atoms with Gasteiger partial charge in [0, 0.05) is 12.1 Å². The van der Waals surface area contributed by atoms with Crippen LogP contribution in [0.25, 0.3) is 0 Å². The maximum absolute atomic E-state index is 12.5. The summed E-state index contributed by atoms with van der Waals surface area (Å²) >= 11 is 0. The van der Waals surface area contributed by atoms with Gasteiger partial charge in [-0.2, -0.15) is 0 Å². The van der Waals surface area contributed by atoms with Crippen LogP contribution in [0.5, 0.6) is 0 Å². The molecule has 1 heterocycles. The lowest BCUT2D eigenvalue weighted by molar-refractivity contribution is -0.896. The van der Waals surface area contributed by atoms with E-state index in [1.54, 1.807) is 24.3 Å². The topological polar surface area (TPSA) is 80.2 Å². The van der Waals surface area contributed by atoms with Crippen molar-refractivity contribution in [1.29, 1.82) is 0 Å². The molecular formula is C22H26N3O4+. The third-order valence-corrected chi connectivity index (χ3v) is 5.05. The van der Waals surface area contributed by atoms with E-state index in [0.717, 1.165) is 18.7 Å². The van der Waals surface area contributed by atoms with E-state index < -0.39 is 0 Å². The first-order chi connectivity index (χ1) is 14.1. The predicted octanol–water partition coefficient (Wildman–Crippen LogP) is 0.130. The van der Waals surface area contributed by atoms with Crippen LogP contribution < -0.4 is 10.2 Å². The first kappa shape index (κ1) is 20.5. The SMILES string of the molecule is COC(=O)c1ccc(CNC(=O)C[NH+]2CCN(C(=O)c3ccccc3)CC2)cc1. The molecular weight excluding hydrogens is 370 g/mol. The van der Waals surface area contributed by atoms with Crippen LogP contribution in [-0.4, -0.2) is 62.5 Å². The predicted molar refractivity (Wildman–Crippen MR) is 108 cm³/mol. The lowest BCUT2D eigenvalue weighted by atomic mass is 10.1. The number of benzene rings is 2. The number of hydrogen-bond donors (Lipinski definition) is 2. The van der Waals surface area contributed by atoms with Gasteiger partial charge in [-0.1, -0.05) is 30.3 Å². The number of nitrogens with zero attached hydrogens (tertiary/aromatic N) is 1. The molecule has 0 radical (unpaired) electrons. The molecule has 0 atom stereocenters. The number of hydrogen-bond acceptors (Lipinski definition) is 4. The van der Waals surface area contributed by atoms with Gasteiger partial charge >= 0.3 is 5.97 Å². The summed E-state index contributed by atoms with van der Waals surface area (Å²) in [6.45, 7) is 3.58. The molecule has 0 aromatic heterocycles. The Morgan fingerprint density at radius 2 is 1.62 bits per heavy atom. The molecule has 2 aromatic carbocycles. The van der Waals surface area contributed by atoms with E-state index in [-0.39, 0.29) is 17.8 Å². The number of amides is 2. The molecule has 1 saturated heterocycles. The van der Waals surface area contributed by atoms with E-state index in [2.05, 4.69) is 10.1 Å². The fourth-order valence-corrected chi connectivity index (χ4v) is 3.33. The molecule has 2 N–H and O–H groups in total. The molecule has 29 heavy (non-hydrogen) atoms. The van der Waals surface area contributed by atoms with Gasteiger partial charge in [0.2, 0.25) is 0 Å². The molecule has 152 valence electrons. The van der Waals surface area contributed by atoms with Crippen LogP contribution in [0.3, 0.4) is 0 Å². The van der Waals surface area contributed by atoms with E-state index in [4.69, 9.17) is 0 Å². The highest BCUT2D eigenvalue weighted by atomic mass is 16.5. The van der Waals surface area contributed by atoms with Gasteiger partial charge in [0.15, 0.2) is 6.54 Å². The molecule has 3 rings (SSSR count). The molecule has 7 heteroatoms. The second-order valence-corrected chi connectivity index (χ2v) is 7.05. The van der Waals surface area contributed by atoms with Crippen LogP contribution in [0, 0.1) is 0 Å². The number of carbonyl (C=O) groups is 3. The highest BCUT2D eigenvalue weighted by Crippen LogP contribution is 2.06. The normalized spacial score (nSPS) is 14.3. The zero-order valence-corrected chi connectivity index (χ0v) is 16.5. The Morgan fingerprint density at radius 3 is 2.24 bits per heavy atom. The molecule has 1 aliphatic heterocycles. The number of piperazine rings is 1. The summed E-state index contributed by atoms with van der Waals surface area (Å²) in [5.74, 6) is -0.363. The molecule has 0 aliphatic carbocycles. The van der Waals surface area contributed by atoms with Crippen LogP contribution in [0.1, 0.15) is 26.3 Å². The molecule has 1 fully saturated rings. The number of rotatable bonds is 6. The molecule has 0 spiro atoms. The first-order valence-electron chi connectivity index (χ1n) is 9.68. The van der Waals surface area contributed by atoms with Crippen LogP contribution in [-0.2, 0) is 16.1 Å². The van der Waals surface area contributed by atoms with Crippen LogP contribution in [0.4, 0.5) is 0 Å². The minimum absolute atomic E-state index is 0.0279. The quantitative estimate of drug-likeness (QED) is 0.681. The first-order valence-corrected chi connectivity index (χ1v) is 9.68. The largest absolute Gasteiger partial charge is 0.465 e. The number of nitrogens with one attached hydrogen (secondary N) is 2. The summed E-state index contributed by atoms with van der Waals surface area (Å²) in [6.07, 6.45) is 0. The third-order valence-electron chi connectivity index (χ3n) is 5.05. The van der Waals surface area contributed by atoms with Gasteiger partial charge < -0.3 is 19.9 Å². The number of esters is 1. The van der Waals surface area contributed by atoms with E-state index in [1.807, 2.05) is 35.2 Å². The highest BCUT2D eigenvalue weighted by molar-refractivity contribution is 5.94. The smallest absolute Gasteiger partial charge is 0.337 e. The lowest BCUT2D eigenvalue weighted by Gasteiger charge is -2.32. The molecule has 2 aromatic rings. The highest BCUT2D eigenvalue weighted by Gasteiger charge is 2.25. The maximum atomic E-state index is 12.5. The van der Waals surface area contributed by atoms with Crippen molar-refractivity contribution in [2.24, 2.45) is 0 Å². The van der Waals surface area contributed by atoms with E-state index in [1.165, 1.54) is 12.0 Å². The number of ether oxygens (including phenoxy) is 1. The van der Waals surface area contributed by atoms with Crippen LogP contribution in [0.15, 0.2) is 54.6 Å². The van der Waals surface area contributed by atoms with E-state index in [9.17, 15) is 14.4 Å². The summed E-state index contributed by atoms with van der Waals surface area (Å²) in [5, 5.41) is 2.91. The summed E-state index contributed by atoms with van der Waals surface area (Å²) in [5.41, 5.74) is 2.10. The van der Waals surface area contributed by atoms with E-state index in [0.29, 0.717) is 37.3 Å². The Kier molecular flexibility index (Phi) is 6.97. The number of methoxy groups -OCH3 is 1. The Hall–Kier alpha value is -3.19. The van der Waals surface area contributed by atoms with Crippen molar-refractivity contribution in [2.45, 2.75) is 6.54 Å². The van der Waals surface area contributed by atoms with Gasteiger partial charge in [0.05, 0.1) is 38.9 Å². The Balaban J connectivity index is 1.40. The zero-order chi connectivity index (χ0) is 20.6. The van der Waals surface area contributed by atoms with Crippen LogP contribution >= 0.6 is 0 Å². The average Bonchev–Trinajstić information content (AvgIpc) is 2.78.